The Labute approximate surface area is 153 Å². The van der Waals surface area contributed by atoms with Crippen molar-refractivity contribution in [1.82, 2.24) is 10.2 Å². The SMILES string of the molecule is CCNC(=O)CN(CC)C(=O)COc1ccc(Oc2ccccc2)cc1. The zero-order chi connectivity index (χ0) is 18.8. The highest BCUT2D eigenvalue weighted by Crippen LogP contribution is 2.23. The Morgan fingerprint density at radius 2 is 1.54 bits per heavy atom. The quantitative estimate of drug-likeness (QED) is 0.750. The van der Waals surface area contributed by atoms with E-state index >= 15 is 0 Å². The molecule has 2 aromatic rings. The number of amides is 2. The van der Waals surface area contributed by atoms with Gasteiger partial charge in [-0.25, -0.2) is 0 Å². The summed E-state index contributed by atoms with van der Waals surface area (Å²) in [6.45, 7) is 4.57. The van der Waals surface area contributed by atoms with Crippen LogP contribution in [0.15, 0.2) is 54.6 Å². The highest BCUT2D eigenvalue weighted by Gasteiger charge is 2.15. The average molecular weight is 356 g/mol. The number of carbonyl (C=O) groups excluding carboxylic acids is 2. The Morgan fingerprint density at radius 1 is 0.923 bits per heavy atom. The van der Waals surface area contributed by atoms with Crippen LogP contribution in [0.2, 0.25) is 0 Å². The van der Waals surface area contributed by atoms with Gasteiger partial charge in [0, 0.05) is 13.1 Å². The predicted molar refractivity (Wildman–Crippen MR) is 99.4 cm³/mol. The third-order valence-corrected chi connectivity index (χ3v) is 3.61. The van der Waals surface area contributed by atoms with E-state index in [1.807, 2.05) is 44.2 Å². The molecule has 0 aliphatic heterocycles. The topological polar surface area (TPSA) is 67.9 Å². The summed E-state index contributed by atoms with van der Waals surface area (Å²) >= 11 is 0. The molecule has 0 spiro atoms. The van der Waals surface area contributed by atoms with Crippen LogP contribution in [0.5, 0.6) is 17.2 Å². The van der Waals surface area contributed by atoms with E-state index in [1.165, 1.54) is 4.90 Å². The van der Waals surface area contributed by atoms with Gasteiger partial charge in [0.15, 0.2) is 6.61 Å². The number of hydrogen-bond acceptors (Lipinski definition) is 4. The van der Waals surface area contributed by atoms with Crippen LogP contribution in [0.1, 0.15) is 13.8 Å². The molecule has 0 atom stereocenters. The third-order valence-electron chi connectivity index (χ3n) is 3.61. The van der Waals surface area contributed by atoms with Crippen molar-refractivity contribution in [3.05, 3.63) is 54.6 Å². The second-order valence-corrected chi connectivity index (χ2v) is 5.54. The first-order valence-electron chi connectivity index (χ1n) is 8.62. The first-order chi connectivity index (χ1) is 12.6. The van der Waals surface area contributed by atoms with Crippen LogP contribution in [0, 0.1) is 0 Å². The third kappa shape index (κ3) is 6.12. The summed E-state index contributed by atoms with van der Waals surface area (Å²) < 4.78 is 11.2. The second-order valence-electron chi connectivity index (χ2n) is 5.54. The van der Waals surface area contributed by atoms with Crippen LogP contribution in [-0.2, 0) is 9.59 Å². The summed E-state index contributed by atoms with van der Waals surface area (Å²) in [6, 6.07) is 16.5. The number of hydrogen-bond donors (Lipinski definition) is 1. The van der Waals surface area contributed by atoms with Gasteiger partial charge in [-0.2, -0.15) is 0 Å². The zero-order valence-electron chi connectivity index (χ0n) is 15.1. The van der Waals surface area contributed by atoms with Crippen molar-refractivity contribution in [3.63, 3.8) is 0 Å². The molecule has 138 valence electrons. The molecule has 0 radical (unpaired) electrons. The minimum atomic E-state index is -0.233. The maximum Gasteiger partial charge on any atom is 0.260 e. The monoisotopic (exact) mass is 356 g/mol. The minimum absolute atomic E-state index is 0.0381. The summed E-state index contributed by atoms with van der Waals surface area (Å²) in [5.41, 5.74) is 0. The summed E-state index contributed by atoms with van der Waals surface area (Å²) in [5.74, 6) is 1.59. The molecule has 2 aromatic carbocycles. The molecule has 0 aliphatic carbocycles. The first-order valence-corrected chi connectivity index (χ1v) is 8.62. The molecule has 0 heterocycles. The van der Waals surface area contributed by atoms with Gasteiger partial charge in [0.2, 0.25) is 5.91 Å². The molecule has 0 saturated heterocycles. The Hall–Kier alpha value is -3.02. The molecular formula is C20H24N2O4. The highest BCUT2D eigenvalue weighted by molar-refractivity contribution is 5.85. The lowest BCUT2D eigenvalue weighted by Crippen LogP contribution is -2.42. The van der Waals surface area contributed by atoms with Gasteiger partial charge in [0.05, 0.1) is 6.54 Å². The van der Waals surface area contributed by atoms with Crippen LogP contribution in [-0.4, -0.2) is 43.0 Å². The summed E-state index contributed by atoms with van der Waals surface area (Å²) in [6.07, 6.45) is 0. The molecule has 1 N–H and O–H groups in total. The highest BCUT2D eigenvalue weighted by atomic mass is 16.5. The smallest absolute Gasteiger partial charge is 0.260 e. The van der Waals surface area contributed by atoms with Gasteiger partial charge < -0.3 is 19.7 Å². The fourth-order valence-electron chi connectivity index (χ4n) is 2.27. The van der Waals surface area contributed by atoms with Gasteiger partial charge in [-0.1, -0.05) is 18.2 Å². The van der Waals surface area contributed by atoms with E-state index in [0.29, 0.717) is 24.6 Å². The average Bonchev–Trinajstić information content (AvgIpc) is 2.66. The molecule has 26 heavy (non-hydrogen) atoms. The Kier molecular flexibility index (Phi) is 7.49. The summed E-state index contributed by atoms with van der Waals surface area (Å²) in [5, 5.41) is 2.68. The van der Waals surface area contributed by atoms with Crippen molar-refractivity contribution in [2.75, 3.05) is 26.2 Å². The lowest BCUT2D eigenvalue weighted by Gasteiger charge is -2.20. The van der Waals surface area contributed by atoms with Crippen molar-refractivity contribution in [2.45, 2.75) is 13.8 Å². The molecule has 6 nitrogen and oxygen atoms in total. The number of nitrogens with zero attached hydrogens (tertiary/aromatic N) is 1. The Morgan fingerprint density at radius 3 is 2.15 bits per heavy atom. The number of carbonyl (C=O) groups is 2. The fraction of sp³-hybridized carbons (Fsp3) is 0.300. The minimum Gasteiger partial charge on any atom is -0.484 e. The van der Waals surface area contributed by atoms with E-state index < -0.39 is 0 Å². The number of benzene rings is 2. The number of nitrogens with one attached hydrogen (secondary N) is 1. The molecule has 6 heteroatoms. The van der Waals surface area contributed by atoms with Gasteiger partial charge in [0.25, 0.3) is 5.91 Å². The van der Waals surface area contributed by atoms with Crippen LogP contribution < -0.4 is 14.8 Å². The zero-order valence-corrected chi connectivity index (χ0v) is 15.1. The maximum absolute atomic E-state index is 12.2. The van der Waals surface area contributed by atoms with Gasteiger partial charge in [-0.15, -0.1) is 0 Å². The summed E-state index contributed by atoms with van der Waals surface area (Å²) in [7, 11) is 0. The number of likely N-dealkylation sites (N-methyl/N-ethyl adjacent to an activating group) is 2. The van der Waals surface area contributed by atoms with Gasteiger partial charge in [0.1, 0.15) is 17.2 Å². The van der Waals surface area contributed by atoms with E-state index in [0.717, 1.165) is 5.75 Å². The van der Waals surface area contributed by atoms with Crippen molar-refractivity contribution in [1.29, 1.82) is 0 Å². The number of para-hydroxylation sites is 1. The van der Waals surface area contributed by atoms with Crippen molar-refractivity contribution < 1.29 is 19.1 Å². The number of ether oxygens (including phenoxy) is 2. The fourth-order valence-corrected chi connectivity index (χ4v) is 2.27. The standard InChI is InChI=1S/C20H24N2O4/c1-3-21-19(23)14-22(4-2)20(24)15-25-16-10-12-18(13-11-16)26-17-8-6-5-7-9-17/h5-13H,3-4,14-15H2,1-2H3,(H,21,23). The molecule has 0 aliphatic rings. The van der Waals surface area contributed by atoms with E-state index in [2.05, 4.69) is 5.32 Å². The predicted octanol–water partition coefficient (Wildman–Crippen LogP) is 2.84. The Balaban J connectivity index is 1.84. The lowest BCUT2D eigenvalue weighted by molar-refractivity contribution is -0.137. The van der Waals surface area contributed by atoms with Crippen molar-refractivity contribution in [2.24, 2.45) is 0 Å². The molecule has 2 rings (SSSR count). The van der Waals surface area contributed by atoms with Crippen LogP contribution in [0.3, 0.4) is 0 Å². The van der Waals surface area contributed by atoms with Gasteiger partial charge >= 0.3 is 0 Å². The first kappa shape index (κ1) is 19.3. The van der Waals surface area contributed by atoms with Gasteiger partial charge in [-0.3, -0.25) is 9.59 Å². The number of rotatable bonds is 9. The van der Waals surface area contributed by atoms with E-state index in [-0.39, 0.29) is 25.0 Å². The van der Waals surface area contributed by atoms with Crippen molar-refractivity contribution >= 4 is 11.8 Å². The van der Waals surface area contributed by atoms with E-state index in [4.69, 9.17) is 9.47 Å². The van der Waals surface area contributed by atoms with Crippen LogP contribution >= 0.6 is 0 Å². The summed E-state index contributed by atoms with van der Waals surface area (Å²) in [4.78, 5) is 25.3. The molecule has 0 bridgehead atoms. The molecular weight excluding hydrogens is 332 g/mol. The second kappa shape index (κ2) is 10.1. The van der Waals surface area contributed by atoms with Crippen LogP contribution in [0.25, 0.3) is 0 Å². The van der Waals surface area contributed by atoms with Crippen LogP contribution in [0.4, 0.5) is 0 Å². The normalized spacial score (nSPS) is 10.1. The van der Waals surface area contributed by atoms with Gasteiger partial charge in [-0.05, 0) is 50.2 Å². The molecule has 0 saturated carbocycles. The lowest BCUT2D eigenvalue weighted by atomic mass is 10.3. The van der Waals surface area contributed by atoms with Crippen molar-refractivity contribution in [3.8, 4) is 17.2 Å². The molecule has 0 aromatic heterocycles. The maximum atomic E-state index is 12.2. The Bertz CT molecular complexity index is 702. The molecule has 2 amide bonds. The largest absolute Gasteiger partial charge is 0.484 e. The molecule has 0 unspecified atom stereocenters. The molecule has 0 fully saturated rings. The van der Waals surface area contributed by atoms with E-state index in [9.17, 15) is 9.59 Å². The van der Waals surface area contributed by atoms with E-state index in [1.54, 1.807) is 24.3 Å².